The summed E-state index contributed by atoms with van der Waals surface area (Å²) in [6.45, 7) is 0. The molecule has 1 heterocycles. The van der Waals surface area contributed by atoms with E-state index in [2.05, 4.69) is 35.5 Å². The Kier molecular flexibility index (Phi) is 4.86. The van der Waals surface area contributed by atoms with E-state index in [0.29, 0.717) is 6.42 Å². The summed E-state index contributed by atoms with van der Waals surface area (Å²) < 4.78 is 3.62. The molecule has 0 spiro atoms. The van der Waals surface area contributed by atoms with Crippen molar-refractivity contribution in [2.45, 2.75) is 16.0 Å². The highest BCUT2D eigenvalue weighted by atomic mass is 127. The Bertz CT molecular complexity index is 896. The van der Waals surface area contributed by atoms with Gasteiger partial charge in [0.1, 0.15) is 6.04 Å². The maximum absolute atomic E-state index is 12.3. The third kappa shape index (κ3) is 3.50. The zero-order valence-corrected chi connectivity index (χ0v) is 15.3. The van der Waals surface area contributed by atoms with Crippen molar-refractivity contribution in [3.05, 3.63) is 46.7 Å². The van der Waals surface area contributed by atoms with Crippen LogP contribution in [0.25, 0.3) is 0 Å². The van der Waals surface area contributed by atoms with Crippen LogP contribution in [0.1, 0.15) is 17.2 Å². The Morgan fingerprint density at radius 3 is 2.81 bits per heavy atom. The van der Waals surface area contributed by atoms with E-state index >= 15 is 0 Å². The Balaban J connectivity index is 1.83. The zero-order valence-electron chi connectivity index (χ0n) is 13.1. The van der Waals surface area contributed by atoms with Gasteiger partial charge in [-0.25, -0.2) is 5.32 Å². The molecule has 2 aromatic rings. The molecule has 3 rings (SSSR count). The molecular formula is C14H13IN7O4+. The number of amides is 2. The minimum atomic E-state index is -0.958. The number of halogens is 1. The lowest BCUT2D eigenvalue weighted by Gasteiger charge is -2.27. The molecule has 0 saturated heterocycles. The molecule has 0 fully saturated rings. The molecule has 1 aliphatic carbocycles. The highest BCUT2D eigenvalue weighted by Gasteiger charge is 2.49. The minimum absolute atomic E-state index is 0.126. The first kappa shape index (κ1) is 17.8. The topological polar surface area (TPSA) is 166 Å². The number of carbonyl (C=O) groups excluding carboxylic acids is 2. The average molecular weight is 470 g/mol. The van der Waals surface area contributed by atoms with Crippen molar-refractivity contribution in [1.82, 2.24) is 25.6 Å². The lowest BCUT2D eigenvalue weighted by atomic mass is 10.1. The fraction of sp³-hybridized carbons (Fsp3) is 0.214. The summed E-state index contributed by atoms with van der Waals surface area (Å²) in [4.78, 5) is 41.3. The molecule has 1 aromatic heterocycles. The van der Waals surface area contributed by atoms with Gasteiger partial charge in [-0.2, -0.15) is 4.98 Å². The number of nitrogens with one attached hydrogen (secondary N) is 3. The highest BCUT2D eigenvalue weighted by Crippen LogP contribution is 2.43. The number of nitrogens with two attached hydrogens (primary N) is 1. The molecule has 0 unspecified atom stereocenters. The number of aromatic nitrogens is 2. The number of rotatable bonds is 3. The maximum atomic E-state index is 12.3. The normalized spacial score (nSPS) is 20.6. The Labute approximate surface area is 159 Å². The van der Waals surface area contributed by atoms with Gasteiger partial charge in [-0.15, -0.1) is 0 Å². The molecular weight excluding hydrogens is 457 g/mol. The SMILES string of the molecule is NC(=[N+]=O)N[C@]1(I)Cc2ccccc2[C@@H]1NC(=O)C(=O)Nc1ncon1. The number of guanidine groups is 1. The Morgan fingerprint density at radius 1 is 1.35 bits per heavy atom. The van der Waals surface area contributed by atoms with E-state index < -0.39 is 21.4 Å². The van der Waals surface area contributed by atoms with Crippen LogP contribution < -0.4 is 26.5 Å². The van der Waals surface area contributed by atoms with E-state index in [1.54, 1.807) is 0 Å². The number of alkyl halides is 1. The van der Waals surface area contributed by atoms with E-state index in [1.807, 2.05) is 46.9 Å². The van der Waals surface area contributed by atoms with Crippen molar-refractivity contribution >= 4 is 46.3 Å². The van der Waals surface area contributed by atoms with Crippen LogP contribution in [-0.2, 0) is 16.0 Å². The molecule has 1 aliphatic rings. The number of hydrogen-bond acceptors (Lipinski definition) is 6. The number of benzene rings is 1. The maximum Gasteiger partial charge on any atom is 0.487 e. The number of fused-ring (bicyclic) bond motifs is 1. The fourth-order valence-electron chi connectivity index (χ4n) is 2.73. The van der Waals surface area contributed by atoms with Crippen LogP contribution in [-0.4, -0.2) is 31.5 Å². The highest BCUT2D eigenvalue weighted by molar-refractivity contribution is 14.1. The Hall–Kier alpha value is -2.99. The molecule has 0 bridgehead atoms. The van der Waals surface area contributed by atoms with Gasteiger partial charge in [-0.1, -0.05) is 24.3 Å². The molecule has 0 saturated carbocycles. The van der Waals surface area contributed by atoms with Crippen LogP contribution in [0.3, 0.4) is 0 Å². The van der Waals surface area contributed by atoms with Gasteiger partial charge in [0, 0.05) is 16.2 Å². The molecule has 1 aromatic carbocycles. The largest absolute Gasteiger partial charge is 0.487 e. The lowest BCUT2D eigenvalue weighted by molar-refractivity contribution is -0.136. The van der Waals surface area contributed by atoms with Gasteiger partial charge in [0.2, 0.25) is 6.39 Å². The Morgan fingerprint density at radius 2 is 2.12 bits per heavy atom. The summed E-state index contributed by atoms with van der Waals surface area (Å²) in [6, 6.07) is 6.74. The summed E-state index contributed by atoms with van der Waals surface area (Å²) in [5.74, 6) is -2.31. The number of nitrogens with zero attached hydrogens (tertiary/aromatic N) is 3. The summed E-state index contributed by atoms with van der Waals surface area (Å²) >= 11 is 2.04. The van der Waals surface area contributed by atoms with Gasteiger partial charge >= 0.3 is 17.8 Å². The summed E-state index contributed by atoms with van der Waals surface area (Å²) in [5.41, 5.74) is 7.26. The van der Waals surface area contributed by atoms with Crippen molar-refractivity contribution in [3.8, 4) is 0 Å². The van der Waals surface area contributed by atoms with Crippen molar-refractivity contribution in [3.63, 3.8) is 0 Å². The lowest BCUT2D eigenvalue weighted by Crippen LogP contribution is -2.55. The summed E-state index contributed by atoms with van der Waals surface area (Å²) in [7, 11) is 0. The number of anilines is 1. The second-order valence-corrected chi connectivity index (χ2v) is 7.38. The van der Waals surface area contributed by atoms with Gasteiger partial charge in [-0.3, -0.25) is 20.6 Å². The predicted molar refractivity (Wildman–Crippen MR) is 98.5 cm³/mol. The molecule has 0 radical (unpaired) electrons. The van der Waals surface area contributed by atoms with Gasteiger partial charge in [0.05, 0.1) is 0 Å². The van der Waals surface area contributed by atoms with E-state index in [1.165, 1.54) is 0 Å². The molecule has 2 atom stereocenters. The van der Waals surface area contributed by atoms with Gasteiger partial charge < -0.3 is 9.84 Å². The standard InChI is InChI=1S/C14H12IN7O4/c15-14(20-12(16)21-25)5-7-3-1-2-4-8(7)9(14)18-10(23)11(24)19-13-17-6-26-22-13/h1-4,6,9H,5H2,(H4,16,18,19,20,22,23,24)/p+1/t9-,14+/m0/s1. The molecule has 12 heteroatoms. The smallest absolute Gasteiger partial charge is 0.341 e. The molecule has 0 aliphatic heterocycles. The van der Waals surface area contributed by atoms with Crippen molar-refractivity contribution < 1.29 is 14.1 Å². The molecule has 5 N–H and O–H groups in total. The van der Waals surface area contributed by atoms with Crippen molar-refractivity contribution in [2.75, 3.05) is 5.32 Å². The van der Waals surface area contributed by atoms with Crippen LogP contribution in [0.15, 0.2) is 35.2 Å². The van der Waals surface area contributed by atoms with Crippen LogP contribution in [0, 0.1) is 4.91 Å². The van der Waals surface area contributed by atoms with Gasteiger partial charge in [0.25, 0.3) is 5.95 Å². The second kappa shape index (κ2) is 7.09. The summed E-state index contributed by atoms with van der Waals surface area (Å²) in [6.07, 6.45) is 1.48. The van der Waals surface area contributed by atoms with E-state index in [0.717, 1.165) is 17.5 Å². The van der Waals surface area contributed by atoms with Crippen LogP contribution >= 0.6 is 22.6 Å². The molecule has 134 valence electrons. The fourth-order valence-corrected chi connectivity index (χ4v) is 3.91. The number of nitroso groups, excluding NO2 is 1. The predicted octanol–water partition coefficient (Wildman–Crippen LogP) is -0.709. The number of carbonyl (C=O) groups is 2. The first-order valence-electron chi connectivity index (χ1n) is 7.32. The average Bonchev–Trinajstić information content (AvgIpc) is 3.21. The van der Waals surface area contributed by atoms with E-state index in [-0.39, 0.29) is 11.9 Å². The summed E-state index contributed by atoms with van der Waals surface area (Å²) in [5, 5.41) is 11.1. The first-order valence-corrected chi connectivity index (χ1v) is 8.40. The molecule has 11 nitrogen and oxygen atoms in total. The van der Waals surface area contributed by atoms with E-state index in [9.17, 15) is 14.5 Å². The van der Waals surface area contributed by atoms with Gasteiger partial charge in [0.15, 0.2) is 3.55 Å². The zero-order chi connectivity index (χ0) is 18.7. The van der Waals surface area contributed by atoms with Crippen molar-refractivity contribution in [1.29, 1.82) is 0 Å². The van der Waals surface area contributed by atoms with Gasteiger partial charge in [-0.05, 0) is 38.9 Å². The third-order valence-corrected chi connectivity index (χ3v) is 5.05. The van der Waals surface area contributed by atoms with Crippen LogP contribution in [0.4, 0.5) is 5.95 Å². The van der Waals surface area contributed by atoms with E-state index in [4.69, 9.17) is 5.73 Å². The van der Waals surface area contributed by atoms with Crippen LogP contribution in [0.2, 0.25) is 0 Å². The number of hydrogen-bond donors (Lipinski definition) is 4. The van der Waals surface area contributed by atoms with Crippen molar-refractivity contribution in [2.24, 2.45) is 5.73 Å². The minimum Gasteiger partial charge on any atom is -0.341 e. The monoisotopic (exact) mass is 470 g/mol. The molecule has 2 amide bonds. The quantitative estimate of drug-likeness (QED) is 0.0869. The first-order chi connectivity index (χ1) is 12.4. The van der Waals surface area contributed by atoms with Crippen LogP contribution in [0.5, 0.6) is 0 Å². The second-order valence-electron chi connectivity index (χ2n) is 5.45. The third-order valence-electron chi connectivity index (χ3n) is 3.77. The molecule has 26 heavy (non-hydrogen) atoms.